The standard InChI is InChI=1S/C12H19N3O2S/c1-8-5-15(6-9(2)14(8)3)12-13-10(7-18-12)11(16)17-4/h7-9H,5-6H2,1-4H3. The number of methoxy groups -OCH3 is 1. The van der Waals surface area contributed by atoms with Crippen LogP contribution in [0.2, 0.25) is 0 Å². The Balaban J connectivity index is 2.12. The summed E-state index contributed by atoms with van der Waals surface area (Å²) in [6, 6.07) is 0.971. The predicted octanol–water partition coefficient (Wildman–Crippen LogP) is 1.46. The lowest BCUT2D eigenvalue weighted by Gasteiger charge is -2.42. The van der Waals surface area contributed by atoms with Crippen LogP contribution in [-0.4, -0.2) is 55.2 Å². The van der Waals surface area contributed by atoms with Crippen molar-refractivity contribution in [2.24, 2.45) is 0 Å². The van der Waals surface area contributed by atoms with E-state index in [2.05, 4.69) is 40.4 Å². The Hall–Kier alpha value is -1.14. The summed E-state index contributed by atoms with van der Waals surface area (Å²) in [5, 5.41) is 2.66. The second-order valence-corrected chi connectivity index (χ2v) is 5.61. The van der Waals surface area contributed by atoms with Crippen LogP contribution in [0.5, 0.6) is 0 Å². The van der Waals surface area contributed by atoms with E-state index in [4.69, 9.17) is 0 Å². The molecule has 1 aromatic rings. The molecule has 100 valence electrons. The summed E-state index contributed by atoms with van der Waals surface area (Å²) in [6.07, 6.45) is 0. The Morgan fingerprint density at radius 1 is 1.44 bits per heavy atom. The number of hydrogen-bond donors (Lipinski definition) is 0. The summed E-state index contributed by atoms with van der Waals surface area (Å²) < 4.78 is 4.67. The average molecular weight is 269 g/mol. The summed E-state index contributed by atoms with van der Waals surface area (Å²) >= 11 is 1.50. The van der Waals surface area contributed by atoms with Crippen LogP contribution < -0.4 is 4.90 Å². The summed E-state index contributed by atoms with van der Waals surface area (Å²) in [7, 11) is 3.52. The normalized spacial score (nSPS) is 25.2. The molecule has 0 N–H and O–H groups in total. The van der Waals surface area contributed by atoms with Crippen LogP contribution in [0.25, 0.3) is 0 Å². The molecular weight excluding hydrogens is 250 g/mol. The van der Waals surface area contributed by atoms with Gasteiger partial charge in [0.2, 0.25) is 0 Å². The van der Waals surface area contributed by atoms with Crippen LogP contribution in [0, 0.1) is 0 Å². The molecule has 6 heteroatoms. The summed E-state index contributed by atoms with van der Waals surface area (Å²) in [5.74, 6) is -0.368. The van der Waals surface area contributed by atoms with Gasteiger partial charge in [-0.15, -0.1) is 11.3 Å². The van der Waals surface area contributed by atoms with Crippen LogP contribution in [0.4, 0.5) is 5.13 Å². The van der Waals surface area contributed by atoms with Crippen molar-refractivity contribution in [3.05, 3.63) is 11.1 Å². The largest absolute Gasteiger partial charge is 0.464 e. The van der Waals surface area contributed by atoms with Gasteiger partial charge in [0.25, 0.3) is 0 Å². The van der Waals surface area contributed by atoms with E-state index in [1.54, 1.807) is 5.38 Å². The molecule has 0 aromatic carbocycles. The topological polar surface area (TPSA) is 45.7 Å². The molecule has 1 saturated heterocycles. The van der Waals surface area contributed by atoms with E-state index in [1.807, 2.05) is 0 Å². The number of rotatable bonds is 2. The van der Waals surface area contributed by atoms with Crippen molar-refractivity contribution >= 4 is 22.4 Å². The first-order valence-corrected chi connectivity index (χ1v) is 6.91. The Morgan fingerprint density at radius 3 is 2.61 bits per heavy atom. The van der Waals surface area contributed by atoms with Gasteiger partial charge in [0, 0.05) is 30.6 Å². The monoisotopic (exact) mass is 269 g/mol. The molecule has 0 aliphatic carbocycles. The number of ether oxygens (including phenoxy) is 1. The first kappa shape index (κ1) is 13.3. The highest BCUT2D eigenvalue weighted by atomic mass is 32.1. The zero-order chi connectivity index (χ0) is 13.3. The number of anilines is 1. The fraction of sp³-hybridized carbons (Fsp3) is 0.667. The highest BCUT2D eigenvalue weighted by Crippen LogP contribution is 2.25. The number of piperazine rings is 1. The number of likely N-dealkylation sites (N-methyl/N-ethyl adjacent to an activating group) is 1. The lowest BCUT2D eigenvalue weighted by atomic mass is 10.1. The maximum atomic E-state index is 11.4. The molecule has 1 aliphatic heterocycles. The molecule has 0 bridgehead atoms. The second-order valence-electron chi connectivity index (χ2n) is 4.78. The molecule has 1 fully saturated rings. The van der Waals surface area contributed by atoms with Crippen LogP contribution in [0.15, 0.2) is 5.38 Å². The van der Waals surface area contributed by atoms with Crippen LogP contribution >= 0.6 is 11.3 Å². The van der Waals surface area contributed by atoms with Gasteiger partial charge in [-0.2, -0.15) is 0 Å². The highest BCUT2D eigenvalue weighted by Gasteiger charge is 2.28. The van der Waals surface area contributed by atoms with Gasteiger partial charge in [0.05, 0.1) is 7.11 Å². The van der Waals surface area contributed by atoms with Gasteiger partial charge in [-0.05, 0) is 20.9 Å². The highest BCUT2D eigenvalue weighted by molar-refractivity contribution is 7.13. The summed E-state index contributed by atoms with van der Waals surface area (Å²) in [5.41, 5.74) is 0.400. The zero-order valence-electron chi connectivity index (χ0n) is 11.2. The number of aromatic nitrogens is 1. The van der Waals surface area contributed by atoms with Gasteiger partial charge in [-0.3, -0.25) is 4.90 Å². The van der Waals surface area contributed by atoms with E-state index in [9.17, 15) is 4.79 Å². The predicted molar refractivity (Wildman–Crippen MR) is 72.4 cm³/mol. The Morgan fingerprint density at radius 2 is 2.06 bits per heavy atom. The van der Waals surface area contributed by atoms with Crippen LogP contribution in [0.1, 0.15) is 24.3 Å². The fourth-order valence-electron chi connectivity index (χ4n) is 2.17. The Bertz CT molecular complexity index is 423. The van der Waals surface area contributed by atoms with Crippen LogP contribution in [-0.2, 0) is 4.74 Å². The number of hydrogen-bond acceptors (Lipinski definition) is 6. The Labute approximate surface area is 111 Å². The van der Waals surface area contributed by atoms with E-state index in [0.29, 0.717) is 17.8 Å². The van der Waals surface area contributed by atoms with Gasteiger partial charge >= 0.3 is 5.97 Å². The van der Waals surface area contributed by atoms with Crippen molar-refractivity contribution in [2.45, 2.75) is 25.9 Å². The molecule has 18 heavy (non-hydrogen) atoms. The van der Waals surface area contributed by atoms with E-state index in [1.165, 1.54) is 18.4 Å². The molecule has 0 saturated carbocycles. The number of carbonyl (C=O) groups excluding carboxylic acids is 1. The van der Waals surface area contributed by atoms with E-state index >= 15 is 0 Å². The average Bonchev–Trinajstić information content (AvgIpc) is 2.84. The van der Waals surface area contributed by atoms with Crippen molar-refractivity contribution in [1.82, 2.24) is 9.88 Å². The minimum atomic E-state index is -0.368. The number of nitrogens with zero attached hydrogens (tertiary/aromatic N) is 3. The third kappa shape index (κ3) is 2.49. The van der Waals surface area contributed by atoms with Crippen molar-refractivity contribution in [2.75, 3.05) is 32.1 Å². The SMILES string of the molecule is COC(=O)c1csc(N2CC(C)N(C)C(C)C2)n1. The van der Waals surface area contributed by atoms with Crippen molar-refractivity contribution in [3.8, 4) is 0 Å². The first-order valence-electron chi connectivity index (χ1n) is 6.03. The van der Waals surface area contributed by atoms with Crippen molar-refractivity contribution < 1.29 is 9.53 Å². The van der Waals surface area contributed by atoms with E-state index in [-0.39, 0.29) is 5.97 Å². The van der Waals surface area contributed by atoms with Crippen molar-refractivity contribution in [1.29, 1.82) is 0 Å². The molecule has 2 heterocycles. The number of carbonyl (C=O) groups is 1. The molecule has 2 unspecified atom stereocenters. The second kappa shape index (κ2) is 5.24. The first-order chi connectivity index (χ1) is 8.52. The number of thiazole rings is 1. The van der Waals surface area contributed by atoms with Crippen LogP contribution in [0.3, 0.4) is 0 Å². The molecule has 1 aliphatic rings. The zero-order valence-corrected chi connectivity index (χ0v) is 12.0. The molecule has 5 nitrogen and oxygen atoms in total. The van der Waals surface area contributed by atoms with Gasteiger partial charge in [0.15, 0.2) is 10.8 Å². The lowest BCUT2D eigenvalue weighted by molar-refractivity contribution is 0.0595. The van der Waals surface area contributed by atoms with Gasteiger partial charge < -0.3 is 9.64 Å². The van der Waals surface area contributed by atoms with Crippen molar-refractivity contribution in [3.63, 3.8) is 0 Å². The third-order valence-electron chi connectivity index (χ3n) is 3.52. The van der Waals surface area contributed by atoms with E-state index < -0.39 is 0 Å². The molecule has 0 radical (unpaired) electrons. The molecular formula is C12H19N3O2S. The molecule has 2 rings (SSSR count). The molecule has 0 amide bonds. The van der Waals surface area contributed by atoms with E-state index in [0.717, 1.165) is 18.2 Å². The maximum absolute atomic E-state index is 11.4. The lowest BCUT2D eigenvalue weighted by Crippen LogP contribution is -2.55. The fourth-order valence-corrected chi connectivity index (χ4v) is 2.98. The van der Waals surface area contributed by atoms with Gasteiger partial charge in [0.1, 0.15) is 0 Å². The smallest absolute Gasteiger partial charge is 0.357 e. The Kier molecular flexibility index (Phi) is 3.87. The molecule has 1 aromatic heterocycles. The molecule has 0 spiro atoms. The minimum Gasteiger partial charge on any atom is -0.464 e. The van der Waals surface area contributed by atoms with Gasteiger partial charge in [-0.25, -0.2) is 9.78 Å². The quantitative estimate of drug-likeness (QED) is 0.761. The van der Waals surface area contributed by atoms with Gasteiger partial charge in [-0.1, -0.05) is 0 Å². The summed E-state index contributed by atoms with van der Waals surface area (Å²) in [4.78, 5) is 20.3. The third-order valence-corrected chi connectivity index (χ3v) is 4.42. The number of esters is 1. The minimum absolute atomic E-state index is 0.368. The maximum Gasteiger partial charge on any atom is 0.357 e. The summed E-state index contributed by atoms with van der Waals surface area (Å²) in [6.45, 7) is 6.29. The molecule has 2 atom stereocenters.